The van der Waals surface area contributed by atoms with Crippen LogP contribution in [0.4, 0.5) is 4.39 Å². The van der Waals surface area contributed by atoms with Gasteiger partial charge < -0.3 is 5.11 Å². The first-order valence-electron chi connectivity index (χ1n) is 5.58. The SMILES string of the molecule is Cc1cc(S(=O)(=O)N(C)CCC#N)cc(C(=O)O)c1F. The van der Waals surface area contributed by atoms with Crippen LogP contribution in [0.3, 0.4) is 0 Å². The third-order valence-electron chi connectivity index (χ3n) is 2.71. The van der Waals surface area contributed by atoms with Crippen LogP contribution in [0.2, 0.25) is 0 Å². The van der Waals surface area contributed by atoms with Gasteiger partial charge in [0, 0.05) is 20.0 Å². The van der Waals surface area contributed by atoms with Gasteiger partial charge in [-0.2, -0.15) is 9.57 Å². The predicted octanol–water partition coefficient (Wildman–Crippen LogP) is 1.37. The molecule has 0 saturated heterocycles. The van der Waals surface area contributed by atoms with Gasteiger partial charge in [-0.25, -0.2) is 17.6 Å². The number of rotatable bonds is 5. The van der Waals surface area contributed by atoms with E-state index in [1.54, 1.807) is 0 Å². The molecule has 0 saturated carbocycles. The lowest BCUT2D eigenvalue weighted by molar-refractivity contribution is 0.0691. The van der Waals surface area contributed by atoms with Gasteiger partial charge in [-0.05, 0) is 24.6 Å². The summed E-state index contributed by atoms with van der Waals surface area (Å²) in [4.78, 5) is 10.6. The molecule has 0 aliphatic rings. The van der Waals surface area contributed by atoms with E-state index in [1.807, 2.05) is 6.07 Å². The number of aromatic carboxylic acids is 1. The first-order valence-corrected chi connectivity index (χ1v) is 7.02. The molecule has 6 nitrogen and oxygen atoms in total. The van der Waals surface area contributed by atoms with Gasteiger partial charge in [0.1, 0.15) is 5.82 Å². The standard InChI is InChI=1S/C12H13FN2O4S/c1-8-6-9(7-10(11(8)13)12(16)17)20(18,19)15(2)5-3-4-14/h6-7H,3,5H2,1-2H3,(H,16,17). The zero-order valence-corrected chi connectivity index (χ0v) is 11.7. The molecule has 8 heteroatoms. The Kier molecular flexibility index (Phi) is 4.81. The van der Waals surface area contributed by atoms with Gasteiger partial charge in [-0.3, -0.25) is 0 Å². The van der Waals surface area contributed by atoms with Crippen molar-refractivity contribution in [2.45, 2.75) is 18.2 Å². The number of carboxylic acid groups (broad SMARTS) is 1. The summed E-state index contributed by atoms with van der Waals surface area (Å²) in [6.07, 6.45) is 0.00168. The number of carbonyl (C=O) groups is 1. The molecule has 0 atom stereocenters. The van der Waals surface area contributed by atoms with Crippen molar-refractivity contribution in [3.05, 3.63) is 29.1 Å². The maximum atomic E-state index is 13.6. The molecule has 1 aromatic carbocycles. The van der Waals surface area contributed by atoms with Crippen LogP contribution in [0, 0.1) is 24.1 Å². The summed E-state index contributed by atoms with van der Waals surface area (Å²) in [7, 11) is -2.68. The van der Waals surface area contributed by atoms with Crippen LogP contribution in [0.25, 0.3) is 0 Å². The molecule has 0 spiro atoms. The number of halogens is 1. The first kappa shape index (κ1) is 16.1. The quantitative estimate of drug-likeness (QED) is 0.885. The van der Waals surface area contributed by atoms with Crippen molar-refractivity contribution in [3.8, 4) is 6.07 Å². The average Bonchev–Trinajstić information content (AvgIpc) is 2.38. The van der Waals surface area contributed by atoms with Gasteiger partial charge in [-0.1, -0.05) is 0 Å². The molecule has 0 fully saturated rings. The summed E-state index contributed by atoms with van der Waals surface area (Å²) in [5, 5.41) is 17.3. The van der Waals surface area contributed by atoms with Crippen LogP contribution in [-0.2, 0) is 10.0 Å². The molecule has 108 valence electrons. The average molecular weight is 300 g/mol. The third kappa shape index (κ3) is 3.12. The fourth-order valence-electron chi connectivity index (χ4n) is 1.55. The number of benzene rings is 1. The fraction of sp³-hybridized carbons (Fsp3) is 0.333. The zero-order valence-electron chi connectivity index (χ0n) is 10.9. The molecule has 1 N–H and O–H groups in total. The Morgan fingerprint density at radius 3 is 2.60 bits per heavy atom. The molecular weight excluding hydrogens is 287 g/mol. The van der Waals surface area contributed by atoms with Gasteiger partial charge in [0.2, 0.25) is 10.0 Å². The minimum absolute atomic E-state index is 0.00168. The van der Waals surface area contributed by atoms with Crippen molar-refractivity contribution in [2.24, 2.45) is 0 Å². The Hall–Kier alpha value is -1.98. The lowest BCUT2D eigenvalue weighted by Gasteiger charge is -2.16. The monoisotopic (exact) mass is 300 g/mol. The molecule has 0 aliphatic heterocycles. The molecule has 20 heavy (non-hydrogen) atoms. The second-order valence-electron chi connectivity index (χ2n) is 4.14. The number of nitriles is 1. The largest absolute Gasteiger partial charge is 0.478 e. The summed E-state index contributed by atoms with van der Waals surface area (Å²) in [6.45, 7) is 1.26. The summed E-state index contributed by atoms with van der Waals surface area (Å²) >= 11 is 0. The number of sulfonamides is 1. The van der Waals surface area contributed by atoms with Crippen LogP contribution < -0.4 is 0 Å². The summed E-state index contributed by atoms with van der Waals surface area (Å²) in [6, 6.07) is 3.66. The van der Waals surface area contributed by atoms with E-state index in [9.17, 15) is 17.6 Å². The highest BCUT2D eigenvalue weighted by Gasteiger charge is 2.24. The molecule has 0 amide bonds. The highest BCUT2D eigenvalue weighted by Crippen LogP contribution is 2.21. The minimum Gasteiger partial charge on any atom is -0.478 e. The molecule has 1 aromatic rings. The summed E-state index contributed by atoms with van der Waals surface area (Å²) in [5.74, 6) is -2.50. The smallest absolute Gasteiger partial charge is 0.338 e. The number of hydrogen-bond donors (Lipinski definition) is 1. The minimum atomic E-state index is -3.95. The van der Waals surface area contributed by atoms with Crippen LogP contribution in [0.15, 0.2) is 17.0 Å². The van der Waals surface area contributed by atoms with E-state index in [0.29, 0.717) is 0 Å². The van der Waals surface area contributed by atoms with Gasteiger partial charge in [0.05, 0.1) is 16.5 Å². The highest BCUT2D eigenvalue weighted by molar-refractivity contribution is 7.89. The lowest BCUT2D eigenvalue weighted by Crippen LogP contribution is -2.28. The van der Waals surface area contributed by atoms with Crippen molar-refractivity contribution >= 4 is 16.0 Å². The van der Waals surface area contributed by atoms with Crippen molar-refractivity contribution in [3.63, 3.8) is 0 Å². The van der Waals surface area contributed by atoms with Crippen LogP contribution in [0.5, 0.6) is 0 Å². The molecule has 0 aliphatic carbocycles. The van der Waals surface area contributed by atoms with Crippen LogP contribution in [0.1, 0.15) is 22.3 Å². The molecule has 0 aromatic heterocycles. The van der Waals surface area contributed by atoms with E-state index in [-0.39, 0.29) is 23.4 Å². The third-order valence-corrected chi connectivity index (χ3v) is 4.54. The van der Waals surface area contributed by atoms with E-state index < -0.39 is 27.4 Å². The molecule has 1 rings (SSSR count). The highest BCUT2D eigenvalue weighted by atomic mass is 32.2. The van der Waals surface area contributed by atoms with E-state index in [0.717, 1.165) is 16.4 Å². The van der Waals surface area contributed by atoms with Crippen molar-refractivity contribution < 1.29 is 22.7 Å². The summed E-state index contributed by atoms with van der Waals surface area (Å²) in [5.41, 5.74) is -0.769. The Morgan fingerprint density at radius 1 is 1.50 bits per heavy atom. The fourth-order valence-corrected chi connectivity index (χ4v) is 2.83. The molecule has 0 radical (unpaired) electrons. The predicted molar refractivity (Wildman–Crippen MR) is 68.1 cm³/mol. The normalized spacial score (nSPS) is 11.3. The number of nitrogens with zero attached hydrogens (tertiary/aromatic N) is 2. The van der Waals surface area contributed by atoms with Gasteiger partial charge in [0.25, 0.3) is 0 Å². The van der Waals surface area contributed by atoms with E-state index in [4.69, 9.17) is 10.4 Å². The molecule has 0 bridgehead atoms. The maximum absolute atomic E-state index is 13.6. The number of hydrogen-bond acceptors (Lipinski definition) is 4. The Labute approximate surface area is 116 Å². The van der Waals surface area contributed by atoms with Crippen molar-refractivity contribution in [1.82, 2.24) is 4.31 Å². The van der Waals surface area contributed by atoms with E-state index >= 15 is 0 Å². The first-order chi connectivity index (χ1) is 9.21. The second kappa shape index (κ2) is 5.98. The Morgan fingerprint density at radius 2 is 2.10 bits per heavy atom. The Bertz CT molecular complexity index is 679. The lowest BCUT2D eigenvalue weighted by atomic mass is 10.1. The van der Waals surface area contributed by atoms with Crippen molar-refractivity contribution in [1.29, 1.82) is 5.26 Å². The van der Waals surface area contributed by atoms with Gasteiger partial charge >= 0.3 is 5.97 Å². The van der Waals surface area contributed by atoms with Crippen LogP contribution >= 0.6 is 0 Å². The molecular formula is C12H13FN2O4S. The van der Waals surface area contributed by atoms with Crippen LogP contribution in [-0.4, -0.2) is 37.4 Å². The van der Waals surface area contributed by atoms with E-state index in [1.165, 1.54) is 14.0 Å². The molecule has 0 unspecified atom stereocenters. The van der Waals surface area contributed by atoms with Crippen molar-refractivity contribution in [2.75, 3.05) is 13.6 Å². The van der Waals surface area contributed by atoms with E-state index in [2.05, 4.69) is 0 Å². The second-order valence-corrected chi connectivity index (χ2v) is 6.19. The topological polar surface area (TPSA) is 98.5 Å². The zero-order chi connectivity index (χ0) is 15.5. The number of carboxylic acids is 1. The Balaban J connectivity index is 3.33. The summed E-state index contributed by atoms with van der Waals surface area (Å²) < 4.78 is 38.9. The molecule has 0 heterocycles. The number of aryl methyl sites for hydroxylation is 1. The van der Waals surface area contributed by atoms with Gasteiger partial charge in [-0.15, -0.1) is 0 Å². The maximum Gasteiger partial charge on any atom is 0.338 e. The van der Waals surface area contributed by atoms with Gasteiger partial charge in [0.15, 0.2) is 0 Å².